The highest BCUT2D eigenvalue weighted by molar-refractivity contribution is 6.31. The van der Waals surface area contributed by atoms with Crippen LogP contribution in [0.4, 0.5) is 0 Å². The van der Waals surface area contributed by atoms with Crippen LogP contribution in [0.3, 0.4) is 0 Å². The summed E-state index contributed by atoms with van der Waals surface area (Å²) in [6.45, 7) is 4.78. The molecule has 0 radical (unpaired) electrons. The van der Waals surface area contributed by atoms with Crippen molar-refractivity contribution in [2.24, 2.45) is 0 Å². The zero-order valence-corrected chi connectivity index (χ0v) is 18.0. The first-order valence-corrected chi connectivity index (χ1v) is 10.3. The number of nitrogens with one attached hydrogen (secondary N) is 1. The fourth-order valence-electron chi connectivity index (χ4n) is 3.12. The quantitative estimate of drug-likeness (QED) is 0.630. The third-order valence-electron chi connectivity index (χ3n) is 4.75. The van der Waals surface area contributed by atoms with Gasteiger partial charge in [-0.3, -0.25) is 9.59 Å². The van der Waals surface area contributed by atoms with Gasteiger partial charge in [0.2, 0.25) is 11.8 Å². The summed E-state index contributed by atoms with van der Waals surface area (Å²) in [5.41, 5.74) is 1.68. The Morgan fingerprint density at radius 3 is 2.38 bits per heavy atom. The molecule has 0 aromatic heterocycles. The molecule has 0 aliphatic rings. The summed E-state index contributed by atoms with van der Waals surface area (Å²) < 4.78 is 5.18. The zero-order chi connectivity index (χ0) is 21.2. The molecule has 0 saturated carbocycles. The predicted octanol–water partition coefficient (Wildman–Crippen LogP) is 4.22. The number of amides is 2. The van der Waals surface area contributed by atoms with E-state index in [-0.39, 0.29) is 24.8 Å². The van der Waals surface area contributed by atoms with Crippen molar-refractivity contribution >= 4 is 23.4 Å². The molecule has 2 aromatic rings. The molecule has 0 aliphatic carbocycles. The second kappa shape index (κ2) is 11.5. The van der Waals surface area contributed by atoms with E-state index in [0.717, 1.165) is 23.3 Å². The molecule has 156 valence electrons. The number of nitrogens with zero attached hydrogens (tertiary/aromatic N) is 1. The normalized spacial score (nSPS) is 11.6. The summed E-state index contributed by atoms with van der Waals surface area (Å²) in [5.74, 6) is 0.484. The second-order valence-electron chi connectivity index (χ2n) is 6.85. The molecule has 0 fully saturated rings. The van der Waals surface area contributed by atoms with Crippen molar-refractivity contribution in [3.63, 3.8) is 0 Å². The van der Waals surface area contributed by atoms with Crippen molar-refractivity contribution in [2.45, 2.75) is 45.7 Å². The fourth-order valence-corrected chi connectivity index (χ4v) is 3.31. The van der Waals surface area contributed by atoms with E-state index in [1.165, 1.54) is 0 Å². The highest BCUT2D eigenvalue weighted by Gasteiger charge is 2.28. The Kier molecular flexibility index (Phi) is 9.00. The topological polar surface area (TPSA) is 58.6 Å². The Labute approximate surface area is 178 Å². The van der Waals surface area contributed by atoms with Gasteiger partial charge in [-0.15, -0.1) is 0 Å². The van der Waals surface area contributed by atoms with Crippen LogP contribution in [0, 0.1) is 0 Å². The van der Waals surface area contributed by atoms with Crippen molar-refractivity contribution < 1.29 is 14.3 Å². The average molecular weight is 417 g/mol. The standard InChI is InChI=1S/C23H29ClN2O3/c1-4-14-25-23(28)21(5-2)26(16-18-8-6-7-9-20(18)24)22(27)15-17-10-12-19(29-3)13-11-17/h6-13,21H,4-5,14-16H2,1-3H3,(H,25,28)/t21-/m1/s1. The van der Waals surface area contributed by atoms with Crippen LogP contribution in [0.1, 0.15) is 37.8 Å². The van der Waals surface area contributed by atoms with Gasteiger partial charge in [-0.1, -0.05) is 55.8 Å². The molecule has 0 saturated heterocycles. The largest absolute Gasteiger partial charge is 0.497 e. The summed E-state index contributed by atoms with van der Waals surface area (Å²) in [6, 6.07) is 14.2. The highest BCUT2D eigenvalue weighted by Crippen LogP contribution is 2.21. The summed E-state index contributed by atoms with van der Waals surface area (Å²) in [6.07, 6.45) is 1.56. The number of rotatable bonds is 10. The van der Waals surface area contributed by atoms with Crippen LogP contribution in [0.2, 0.25) is 5.02 Å². The first-order chi connectivity index (χ1) is 14.0. The number of methoxy groups -OCH3 is 1. The lowest BCUT2D eigenvalue weighted by Crippen LogP contribution is -2.49. The predicted molar refractivity (Wildman–Crippen MR) is 116 cm³/mol. The van der Waals surface area contributed by atoms with Gasteiger partial charge >= 0.3 is 0 Å². The van der Waals surface area contributed by atoms with Gasteiger partial charge in [0.1, 0.15) is 11.8 Å². The number of carbonyl (C=O) groups is 2. The van der Waals surface area contributed by atoms with Crippen molar-refractivity contribution in [2.75, 3.05) is 13.7 Å². The number of ether oxygens (including phenoxy) is 1. The van der Waals surface area contributed by atoms with Gasteiger partial charge in [-0.05, 0) is 42.2 Å². The molecule has 5 nitrogen and oxygen atoms in total. The van der Waals surface area contributed by atoms with Crippen LogP contribution in [0.15, 0.2) is 48.5 Å². The minimum Gasteiger partial charge on any atom is -0.497 e. The Morgan fingerprint density at radius 2 is 1.79 bits per heavy atom. The van der Waals surface area contributed by atoms with Crippen LogP contribution in [-0.4, -0.2) is 36.4 Å². The minimum atomic E-state index is -0.552. The maximum atomic E-state index is 13.2. The molecule has 6 heteroatoms. The minimum absolute atomic E-state index is 0.117. The Balaban J connectivity index is 2.27. The van der Waals surface area contributed by atoms with Crippen molar-refractivity contribution in [3.05, 3.63) is 64.7 Å². The van der Waals surface area contributed by atoms with Crippen molar-refractivity contribution in [1.82, 2.24) is 10.2 Å². The maximum absolute atomic E-state index is 13.2. The van der Waals surface area contributed by atoms with E-state index >= 15 is 0 Å². The van der Waals surface area contributed by atoms with Crippen LogP contribution < -0.4 is 10.1 Å². The van der Waals surface area contributed by atoms with E-state index in [9.17, 15) is 9.59 Å². The van der Waals surface area contributed by atoms with Crippen LogP contribution in [0.5, 0.6) is 5.75 Å². The second-order valence-corrected chi connectivity index (χ2v) is 7.26. The molecule has 0 aliphatic heterocycles. The van der Waals surface area contributed by atoms with E-state index in [4.69, 9.17) is 16.3 Å². The van der Waals surface area contributed by atoms with Gasteiger partial charge < -0.3 is 15.0 Å². The molecule has 0 heterocycles. The monoisotopic (exact) mass is 416 g/mol. The van der Waals surface area contributed by atoms with E-state index in [0.29, 0.717) is 18.0 Å². The first-order valence-electron chi connectivity index (χ1n) is 9.93. The Morgan fingerprint density at radius 1 is 1.10 bits per heavy atom. The third kappa shape index (κ3) is 6.50. The van der Waals surface area contributed by atoms with Gasteiger partial charge in [-0.2, -0.15) is 0 Å². The van der Waals surface area contributed by atoms with Gasteiger partial charge in [0.15, 0.2) is 0 Å². The third-order valence-corrected chi connectivity index (χ3v) is 5.12. The van der Waals surface area contributed by atoms with Gasteiger partial charge in [0, 0.05) is 18.1 Å². The summed E-state index contributed by atoms with van der Waals surface area (Å²) in [4.78, 5) is 27.6. The molecule has 1 N–H and O–H groups in total. The number of carbonyl (C=O) groups excluding carboxylic acids is 2. The molecule has 1 atom stereocenters. The Bertz CT molecular complexity index is 808. The van der Waals surface area contributed by atoms with Crippen LogP contribution in [0.25, 0.3) is 0 Å². The SMILES string of the molecule is CCCNC(=O)[C@@H](CC)N(Cc1ccccc1Cl)C(=O)Cc1ccc(OC)cc1. The first kappa shape index (κ1) is 22.8. The maximum Gasteiger partial charge on any atom is 0.242 e. The van der Waals surface area contributed by atoms with Crippen LogP contribution in [-0.2, 0) is 22.6 Å². The van der Waals surface area contributed by atoms with E-state index < -0.39 is 6.04 Å². The van der Waals surface area contributed by atoms with Gasteiger partial charge in [0.25, 0.3) is 0 Å². The Hall–Kier alpha value is -2.53. The molecule has 29 heavy (non-hydrogen) atoms. The smallest absolute Gasteiger partial charge is 0.242 e. The molecule has 2 amide bonds. The van der Waals surface area contributed by atoms with Gasteiger partial charge in [-0.25, -0.2) is 0 Å². The van der Waals surface area contributed by atoms with Crippen molar-refractivity contribution in [1.29, 1.82) is 0 Å². The lowest BCUT2D eigenvalue weighted by Gasteiger charge is -2.31. The highest BCUT2D eigenvalue weighted by atomic mass is 35.5. The number of halogens is 1. The van der Waals surface area contributed by atoms with E-state index in [1.807, 2.05) is 56.3 Å². The molecule has 2 rings (SSSR count). The number of benzene rings is 2. The van der Waals surface area contributed by atoms with E-state index in [2.05, 4.69) is 5.32 Å². The lowest BCUT2D eigenvalue weighted by molar-refractivity contribution is -0.140. The number of hydrogen-bond donors (Lipinski definition) is 1. The number of hydrogen-bond acceptors (Lipinski definition) is 3. The lowest BCUT2D eigenvalue weighted by atomic mass is 10.1. The molecule has 2 aromatic carbocycles. The molecular formula is C23H29ClN2O3. The fraction of sp³-hybridized carbons (Fsp3) is 0.391. The van der Waals surface area contributed by atoms with Gasteiger partial charge in [0.05, 0.1) is 13.5 Å². The molecular weight excluding hydrogens is 388 g/mol. The summed E-state index contributed by atoms with van der Waals surface area (Å²) in [7, 11) is 1.60. The molecule has 0 spiro atoms. The van der Waals surface area contributed by atoms with Crippen LogP contribution >= 0.6 is 11.6 Å². The van der Waals surface area contributed by atoms with Crippen molar-refractivity contribution in [3.8, 4) is 5.75 Å². The molecule has 0 bridgehead atoms. The zero-order valence-electron chi connectivity index (χ0n) is 17.3. The molecule has 0 unspecified atom stereocenters. The summed E-state index contributed by atoms with van der Waals surface area (Å²) >= 11 is 6.33. The van der Waals surface area contributed by atoms with E-state index in [1.54, 1.807) is 18.1 Å². The summed E-state index contributed by atoms with van der Waals surface area (Å²) in [5, 5.41) is 3.50. The average Bonchev–Trinajstić information content (AvgIpc) is 2.73.